The van der Waals surface area contributed by atoms with Gasteiger partial charge < -0.3 is 48.1 Å². The van der Waals surface area contributed by atoms with Crippen molar-refractivity contribution in [3.8, 4) is 0 Å². The van der Waals surface area contributed by atoms with Crippen LogP contribution in [-0.2, 0) is 37.9 Å². The van der Waals surface area contributed by atoms with Crippen molar-refractivity contribution in [3.63, 3.8) is 0 Å². The second-order valence-electron chi connectivity index (χ2n) is 9.46. The van der Waals surface area contributed by atoms with Gasteiger partial charge in [-0.15, -0.1) is 0 Å². The molecule has 0 heterocycles. The monoisotopic (exact) mass is 664 g/mol. The van der Waals surface area contributed by atoms with E-state index in [0.717, 1.165) is 0 Å². The molecule has 2 N–H and O–H groups in total. The molecule has 0 saturated carbocycles. The van der Waals surface area contributed by atoms with Gasteiger partial charge in [0.25, 0.3) is 0 Å². The van der Waals surface area contributed by atoms with Crippen molar-refractivity contribution in [1.29, 1.82) is 0 Å². The van der Waals surface area contributed by atoms with Crippen molar-refractivity contribution < 1.29 is 48.1 Å². The molecule has 0 spiro atoms. The number of methoxy groups -OCH3 is 4. The topological polar surface area (TPSA) is 114 Å². The Morgan fingerprint density at radius 1 is 0.541 bits per heavy atom. The van der Waals surface area contributed by atoms with Crippen molar-refractivity contribution in [3.05, 3.63) is 13.2 Å². The second kappa shape index (κ2) is 28.7. The van der Waals surface area contributed by atoms with Crippen molar-refractivity contribution >= 4 is 48.9 Å². The molecule has 0 bridgehead atoms. The van der Waals surface area contributed by atoms with E-state index < -0.39 is 11.2 Å². The third-order valence-corrected chi connectivity index (χ3v) is 4.51. The summed E-state index contributed by atoms with van der Waals surface area (Å²) in [5, 5.41) is 20.8. The summed E-state index contributed by atoms with van der Waals surface area (Å²) in [6.07, 6.45) is 1.18. The largest absolute Gasteiger partial charge is 2.00 e. The molecule has 0 aliphatic carbocycles. The summed E-state index contributed by atoms with van der Waals surface area (Å²) in [5.74, 6) is 0.701. The Balaban J connectivity index is -0.000000608. The van der Waals surface area contributed by atoms with E-state index in [1.165, 1.54) is 13.2 Å². The number of rotatable bonds is 24. The van der Waals surface area contributed by atoms with E-state index in [9.17, 15) is 10.2 Å². The van der Waals surface area contributed by atoms with Gasteiger partial charge in [-0.05, 0) is 35.9 Å². The van der Waals surface area contributed by atoms with Gasteiger partial charge in [0.2, 0.25) is 0 Å². The van der Waals surface area contributed by atoms with Crippen LogP contribution in [0.4, 0.5) is 0 Å². The Kier molecular flexibility index (Phi) is 33.1. The average molecular weight is 664 g/mol. The van der Waals surface area contributed by atoms with E-state index in [0.29, 0.717) is 77.5 Å². The quantitative estimate of drug-likeness (QED) is 0.0905. The molecule has 2 atom stereocenters. The van der Waals surface area contributed by atoms with Crippen LogP contribution in [0.25, 0.3) is 0 Å². The van der Waals surface area contributed by atoms with Crippen LogP contribution in [0.1, 0.15) is 40.5 Å². The predicted octanol–water partition coefficient (Wildman–Crippen LogP) is 2.12. The molecular weight excluding hydrogens is 610 g/mol. The van der Waals surface area contributed by atoms with Crippen LogP contribution in [0.5, 0.6) is 0 Å². The summed E-state index contributed by atoms with van der Waals surface area (Å²) in [6.45, 7) is 15.3. The van der Waals surface area contributed by atoms with Crippen LogP contribution >= 0.6 is 0 Å². The molecule has 0 radical (unpaired) electrons. The normalized spacial score (nSPS) is 14.6. The molecular formula is C26H54BaO10. The molecule has 0 rings (SSSR count). The van der Waals surface area contributed by atoms with Crippen LogP contribution in [0, 0.1) is 25.0 Å². The van der Waals surface area contributed by atoms with E-state index >= 15 is 0 Å². The minimum atomic E-state index is -1.06. The minimum Gasteiger partial charge on any atom is -0.548 e. The maximum absolute atomic E-state index is 10.4. The Morgan fingerprint density at radius 2 is 0.838 bits per heavy atom. The van der Waals surface area contributed by atoms with Crippen molar-refractivity contribution in [2.24, 2.45) is 11.8 Å². The smallest absolute Gasteiger partial charge is 0.548 e. The van der Waals surface area contributed by atoms with Crippen molar-refractivity contribution in [2.75, 3.05) is 94.5 Å². The van der Waals surface area contributed by atoms with Crippen molar-refractivity contribution in [2.45, 2.75) is 51.7 Å². The zero-order chi connectivity index (χ0) is 27.7. The maximum Gasteiger partial charge on any atom is 2.00 e. The molecule has 10 nitrogen and oxygen atoms in total. The van der Waals surface area contributed by atoms with Crippen LogP contribution < -0.4 is 0 Å². The molecule has 11 heteroatoms. The molecule has 0 aromatic rings. The molecule has 0 amide bonds. The van der Waals surface area contributed by atoms with E-state index in [4.69, 9.17) is 37.9 Å². The fourth-order valence-electron chi connectivity index (χ4n) is 3.17. The van der Waals surface area contributed by atoms with Crippen LogP contribution in [-0.4, -0.2) is 165 Å². The van der Waals surface area contributed by atoms with E-state index in [2.05, 4.69) is 0 Å². The van der Waals surface area contributed by atoms with Gasteiger partial charge in [0.15, 0.2) is 0 Å². The van der Waals surface area contributed by atoms with Gasteiger partial charge in [-0.25, -0.2) is 0 Å². The fourth-order valence-corrected chi connectivity index (χ4v) is 3.17. The number of ether oxygens (including phenoxy) is 8. The van der Waals surface area contributed by atoms with Gasteiger partial charge >= 0.3 is 48.9 Å². The third kappa shape index (κ3) is 30.0. The standard InChI is InChI=1S/2C13H27O5.Ba/c2*1-12(2)9-13(14,10-17-7-5-15-3)11-18-8-6-16-4;/h2*10,12,14H,5-9,11H2,1-4H3;/q2*-1;+2. The Morgan fingerprint density at radius 3 is 1.11 bits per heavy atom. The first-order valence-corrected chi connectivity index (χ1v) is 12.6. The number of aliphatic hydroxyl groups is 2. The van der Waals surface area contributed by atoms with E-state index in [-0.39, 0.29) is 62.1 Å². The summed E-state index contributed by atoms with van der Waals surface area (Å²) >= 11 is 0. The Bertz CT molecular complexity index is 391. The second-order valence-corrected chi connectivity index (χ2v) is 9.46. The van der Waals surface area contributed by atoms with E-state index in [1.807, 2.05) is 27.7 Å². The summed E-state index contributed by atoms with van der Waals surface area (Å²) in [5.41, 5.74) is -2.12. The first-order valence-electron chi connectivity index (χ1n) is 12.6. The summed E-state index contributed by atoms with van der Waals surface area (Å²) in [4.78, 5) is 0. The third-order valence-electron chi connectivity index (χ3n) is 4.51. The number of hydrogen-bond donors (Lipinski definition) is 2. The van der Waals surface area contributed by atoms with Crippen molar-refractivity contribution in [1.82, 2.24) is 0 Å². The Hall–Kier alpha value is 1.17. The number of hydrogen-bond acceptors (Lipinski definition) is 10. The maximum atomic E-state index is 10.4. The summed E-state index contributed by atoms with van der Waals surface area (Å²) < 4.78 is 40.9. The zero-order valence-electron chi connectivity index (χ0n) is 24.7. The predicted molar refractivity (Wildman–Crippen MR) is 144 cm³/mol. The molecule has 0 saturated heterocycles. The molecule has 0 aromatic heterocycles. The van der Waals surface area contributed by atoms with Crippen LogP contribution in [0.2, 0.25) is 0 Å². The summed E-state index contributed by atoms with van der Waals surface area (Å²) in [7, 11) is 6.45. The average Bonchev–Trinajstić information content (AvgIpc) is 2.80. The first-order chi connectivity index (χ1) is 17.1. The Labute approximate surface area is 266 Å². The molecule has 0 fully saturated rings. The molecule has 0 aliphatic rings. The molecule has 37 heavy (non-hydrogen) atoms. The van der Waals surface area contributed by atoms with E-state index in [1.54, 1.807) is 28.4 Å². The van der Waals surface area contributed by atoms with Crippen LogP contribution in [0.15, 0.2) is 0 Å². The minimum absolute atomic E-state index is 0. The molecule has 220 valence electrons. The van der Waals surface area contributed by atoms with Gasteiger partial charge in [-0.3, -0.25) is 0 Å². The van der Waals surface area contributed by atoms with Gasteiger partial charge in [0.05, 0.1) is 39.6 Å². The van der Waals surface area contributed by atoms with Gasteiger partial charge in [0.1, 0.15) is 0 Å². The molecule has 2 unspecified atom stereocenters. The molecule has 0 aromatic carbocycles. The van der Waals surface area contributed by atoms with Crippen LogP contribution in [0.3, 0.4) is 0 Å². The molecule has 0 aliphatic heterocycles. The zero-order valence-corrected chi connectivity index (χ0v) is 29.1. The van der Waals surface area contributed by atoms with Gasteiger partial charge in [-0.1, -0.05) is 27.7 Å². The van der Waals surface area contributed by atoms with Gasteiger partial charge in [0, 0.05) is 54.9 Å². The summed E-state index contributed by atoms with van der Waals surface area (Å²) in [6, 6.07) is 0. The van der Waals surface area contributed by atoms with Gasteiger partial charge in [-0.2, -0.15) is 13.2 Å². The first kappa shape index (κ1) is 42.6. The SMILES string of the molecule is COCCO[CH-]C(O)(COCCOC)CC(C)C.COCCO[CH-]C(O)(COCCOC)CC(C)C.[Ba+2]. The fraction of sp³-hybridized carbons (Fsp3) is 0.923.